The van der Waals surface area contributed by atoms with E-state index in [1.165, 1.54) is 0 Å². The van der Waals surface area contributed by atoms with Gasteiger partial charge in [-0.25, -0.2) is 9.97 Å². The highest BCUT2D eigenvalue weighted by molar-refractivity contribution is 6.30. The van der Waals surface area contributed by atoms with Gasteiger partial charge < -0.3 is 0 Å². The fourth-order valence-corrected chi connectivity index (χ4v) is 3.79. The van der Waals surface area contributed by atoms with E-state index in [0.717, 1.165) is 44.2 Å². The maximum Gasteiger partial charge on any atom is 0.160 e. The molecule has 1 heterocycles. The Bertz CT molecular complexity index is 1270. The molecule has 0 saturated heterocycles. The maximum absolute atomic E-state index is 6.20. The zero-order valence-electron chi connectivity index (χ0n) is 18.7. The summed E-state index contributed by atoms with van der Waals surface area (Å²) in [5.41, 5.74) is 7.04. The molecule has 0 unspecified atom stereocenters. The lowest BCUT2D eigenvalue weighted by Crippen LogP contribution is -1.96. The molecule has 0 aliphatic carbocycles. The Morgan fingerprint density at radius 3 is 1.45 bits per heavy atom. The molecule has 0 atom stereocenters. The molecule has 33 heavy (non-hydrogen) atoms. The van der Waals surface area contributed by atoms with Gasteiger partial charge in [-0.05, 0) is 35.4 Å². The van der Waals surface area contributed by atoms with Crippen LogP contribution in [0.2, 0.25) is 5.02 Å². The van der Waals surface area contributed by atoms with Crippen molar-refractivity contribution in [2.45, 2.75) is 13.8 Å². The van der Waals surface area contributed by atoms with Gasteiger partial charge in [0.05, 0.1) is 11.4 Å². The number of hydrogen-bond acceptors (Lipinski definition) is 2. The fourth-order valence-electron chi connectivity index (χ4n) is 3.60. The maximum atomic E-state index is 6.20. The summed E-state index contributed by atoms with van der Waals surface area (Å²) in [5, 5.41) is 0.719. The molecular weight excluding hydrogens is 424 g/mol. The highest BCUT2D eigenvalue weighted by atomic mass is 35.5. The molecule has 0 radical (unpaired) electrons. The third kappa shape index (κ3) is 5.36. The Balaban J connectivity index is 0.00000126. The van der Waals surface area contributed by atoms with Crippen LogP contribution in [-0.4, -0.2) is 9.97 Å². The summed E-state index contributed by atoms with van der Waals surface area (Å²) in [6, 6.07) is 38.6. The smallest absolute Gasteiger partial charge is 0.160 e. The lowest BCUT2D eigenvalue weighted by molar-refractivity contribution is 1.18. The van der Waals surface area contributed by atoms with Gasteiger partial charge in [0.25, 0.3) is 0 Å². The van der Waals surface area contributed by atoms with Crippen LogP contribution in [0.3, 0.4) is 0 Å². The fraction of sp³-hybridized carbons (Fsp3) is 0.0667. The standard InChI is InChI=1S/C28H19ClN2.C2H6/c29-25-16-8-14-23(18-25)22-13-7-15-24(17-22)28-30-26(20-9-3-1-4-10-20)19-27(31-28)21-11-5-2-6-12-21;1-2/h1-19H;1-2H3. The van der Waals surface area contributed by atoms with Crippen molar-refractivity contribution in [3.05, 3.63) is 120 Å². The largest absolute Gasteiger partial charge is 0.228 e. The summed E-state index contributed by atoms with van der Waals surface area (Å²) < 4.78 is 0. The van der Waals surface area contributed by atoms with E-state index in [1.807, 2.05) is 80.6 Å². The van der Waals surface area contributed by atoms with E-state index in [2.05, 4.69) is 48.5 Å². The molecule has 2 nitrogen and oxygen atoms in total. The zero-order valence-corrected chi connectivity index (χ0v) is 19.5. The van der Waals surface area contributed by atoms with Gasteiger partial charge in [-0.15, -0.1) is 0 Å². The minimum atomic E-state index is 0.698. The van der Waals surface area contributed by atoms with Gasteiger partial charge in [0.15, 0.2) is 5.82 Å². The monoisotopic (exact) mass is 448 g/mol. The number of rotatable bonds is 4. The van der Waals surface area contributed by atoms with Crippen LogP contribution in [0, 0.1) is 0 Å². The Labute approximate surface area is 200 Å². The molecule has 5 rings (SSSR count). The summed E-state index contributed by atoms with van der Waals surface area (Å²) >= 11 is 6.20. The summed E-state index contributed by atoms with van der Waals surface area (Å²) in [5.74, 6) is 0.698. The predicted molar refractivity (Wildman–Crippen MR) is 140 cm³/mol. The van der Waals surface area contributed by atoms with E-state index >= 15 is 0 Å². The summed E-state index contributed by atoms with van der Waals surface area (Å²) in [7, 11) is 0. The van der Waals surface area contributed by atoms with Crippen molar-refractivity contribution in [3.8, 4) is 45.0 Å². The number of nitrogens with zero attached hydrogens (tertiary/aromatic N) is 2. The van der Waals surface area contributed by atoms with Gasteiger partial charge in [0.2, 0.25) is 0 Å². The molecule has 0 aliphatic rings. The van der Waals surface area contributed by atoms with Gasteiger partial charge in [0, 0.05) is 21.7 Å². The first kappa shape index (κ1) is 22.4. The Morgan fingerprint density at radius 1 is 0.455 bits per heavy atom. The van der Waals surface area contributed by atoms with Crippen LogP contribution in [0.1, 0.15) is 13.8 Å². The Morgan fingerprint density at radius 2 is 0.909 bits per heavy atom. The van der Waals surface area contributed by atoms with Crippen LogP contribution in [-0.2, 0) is 0 Å². The van der Waals surface area contributed by atoms with Crippen LogP contribution < -0.4 is 0 Å². The average Bonchev–Trinajstić information content (AvgIpc) is 2.91. The van der Waals surface area contributed by atoms with E-state index in [4.69, 9.17) is 21.6 Å². The molecule has 1 aromatic heterocycles. The molecule has 0 spiro atoms. The zero-order chi connectivity index (χ0) is 23.0. The summed E-state index contributed by atoms with van der Waals surface area (Å²) in [6.07, 6.45) is 0. The second-order valence-electron chi connectivity index (χ2n) is 7.29. The minimum Gasteiger partial charge on any atom is -0.228 e. The van der Waals surface area contributed by atoms with Gasteiger partial charge >= 0.3 is 0 Å². The van der Waals surface area contributed by atoms with Crippen LogP contribution in [0.15, 0.2) is 115 Å². The first-order valence-corrected chi connectivity index (χ1v) is 11.5. The third-order valence-electron chi connectivity index (χ3n) is 5.14. The third-order valence-corrected chi connectivity index (χ3v) is 5.38. The highest BCUT2D eigenvalue weighted by Crippen LogP contribution is 2.30. The Hall–Kier alpha value is -3.75. The van der Waals surface area contributed by atoms with Crippen LogP contribution >= 0.6 is 11.6 Å². The molecule has 162 valence electrons. The minimum absolute atomic E-state index is 0.698. The quantitative estimate of drug-likeness (QED) is 0.274. The van der Waals surface area contributed by atoms with E-state index in [1.54, 1.807) is 0 Å². The van der Waals surface area contributed by atoms with E-state index in [9.17, 15) is 0 Å². The van der Waals surface area contributed by atoms with E-state index in [-0.39, 0.29) is 0 Å². The normalized spacial score (nSPS) is 10.3. The van der Waals surface area contributed by atoms with Gasteiger partial charge in [-0.1, -0.05) is 116 Å². The van der Waals surface area contributed by atoms with E-state index < -0.39 is 0 Å². The van der Waals surface area contributed by atoms with Crippen molar-refractivity contribution in [2.24, 2.45) is 0 Å². The van der Waals surface area contributed by atoms with Crippen LogP contribution in [0.5, 0.6) is 0 Å². The number of hydrogen-bond donors (Lipinski definition) is 0. The Kier molecular flexibility index (Phi) is 7.29. The van der Waals surface area contributed by atoms with Crippen LogP contribution in [0.25, 0.3) is 45.0 Å². The first-order chi connectivity index (χ1) is 16.3. The van der Waals surface area contributed by atoms with Gasteiger partial charge in [-0.2, -0.15) is 0 Å². The highest BCUT2D eigenvalue weighted by Gasteiger charge is 2.11. The molecule has 0 saturated carbocycles. The molecule has 3 heteroatoms. The van der Waals surface area contributed by atoms with E-state index in [0.29, 0.717) is 5.82 Å². The summed E-state index contributed by atoms with van der Waals surface area (Å²) in [6.45, 7) is 4.00. The SMILES string of the molecule is CC.Clc1cccc(-c2cccc(-c3nc(-c4ccccc4)cc(-c4ccccc4)n3)c2)c1. The second-order valence-corrected chi connectivity index (χ2v) is 7.72. The molecular formula is C30H25ClN2. The number of halogens is 1. The average molecular weight is 449 g/mol. The lowest BCUT2D eigenvalue weighted by Gasteiger charge is -2.10. The molecule has 4 aromatic carbocycles. The van der Waals surface area contributed by atoms with Gasteiger partial charge in [0.1, 0.15) is 0 Å². The van der Waals surface area contributed by atoms with Crippen LogP contribution in [0.4, 0.5) is 0 Å². The van der Waals surface area contributed by atoms with Crippen molar-refractivity contribution in [1.29, 1.82) is 0 Å². The number of aromatic nitrogens is 2. The van der Waals surface area contributed by atoms with Crippen molar-refractivity contribution in [3.63, 3.8) is 0 Å². The summed E-state index contributed by atoms with van der Waals surface area (Å²) in [4.78, 5) is 9.83. The van der Waals surface area contributed by atoms with Gasteiger partial charge in [-0.3, -0.25) is 0 Å². The first-order valence-electron chi connectivity index (χ1n) is 11.1. The number of benzene rings is 4. The molecule has 0 fully saturated rings. The molecule has 0 bridgehead atoms. The van der Waals surface area contributed by atoms with Crippen molar-refractivity contribution in [1.82, 2.24) is 9.97 Å². The lowest BCUT2D eigenvalue weighted by atomic mass is 10.0. The molecule has 0 N–H and O–H groups in total. The molecule has 0 amide bonds. The molecule has 0 aliphatic heterocycles. The topological polar surface area (TPSA) is 25.8 Å². The second kappa shape index (κ2) is 10.7. The predicted octanol–water partition coefficient (Wildman–Crippen LogP) is 8.82. The molecule has 5 aromatic rings. The van der Waals surface area contributed by atoms with Crippen molar-refractivity contribution in [2.75, 3.05) is 0 Å². The van der Waals surface area contributed by atoms with Crippen molar-refractivity contribution < 1.29 is 0 Å². The van der Waals surface area contributed by atoms with Crippen molar-refractivity contribution >= 4 is 11.6 Å².